The quantitative estimate of drug-likeness (QED) is 0.733. The van der Waals surface area contributed by atoms with Crippen LogP contribution in [0.3, 0.4) is 0 Å². The number of nitrogen functional groups attached to an aromatic ring is 1. The molecule has 3 N–H and O–H groups in total. The maximum atomic E-state index is 5.75. The van der Waals surface area contributed by atoms with Crippen LogP contribution >= 0.6 is 11.8 Å². The number of rotatable bonds is 7. The van der Waals surface area contributed by atoms with Crippen molar-refractivity contribution in [2.24, 2.45) is 0 Å². The van der Waals surface area contributed by atoms with E-state index in [9.17, 15) is 0 Å². The molecule has 1 heterocycles. The van der Waals surface area contributed by atoms with E-state index < -0.39 is 0 Å². The number of hydrogen-bond acceptors (Lipinski definition) is 5. The second kappa shape index (κ2) is 7.37. The monoisotopic (exact) mass is 254 g/mol. The molecule has 96 valence electrons. The predicted octanol–water partition coefficient (Wildman–Crippen LogP) is 2.74. The summed E-state index contributed by atoms with van der Waals surface area (Å²) in [6.07, 6.45) is 4.51. The number of nitrogens with one attached hydrogen (secondary N) is 1. The smallest absolute Gasteiger partial charge is 0.135 e. The fraction of sp³-hybridized carbons (Fsp3) is 0.667. The van der Waals surface area contributed by atoms with E-state index in [1.165, 1.54) is 12.2 Å². The third-order valence-corrected chi connectivity index (χ3v) is 3.06. The molecule has 0 bridgehead atoms. The van der Waals surface area contributed by atoms with Gasteiger partial charge in [0.15, 0.2) is 0 Å². The van der Waals surface area contributed by atoms with Crippen LogP contribution in [0.5, 0.6) is 0 Å². The lowest BCUT2D eigenvalue weighted by Crippen LogP contribution is -2.08. The van der Waals surface area contributed by atoms with Crippen molar-refractivity contribution in [3.63, 3.8) is 0 Å². The van der Waals surface area contributed by atoms with Gasteiger partial charge in [0, 0.05) is 18.5 Å². The Bertz CT molecular complexity index is 341. The summed E-state index contributed by atoms with van der Waals surface area (Å²) >= 11 is 1.88. The zero-order valence-electron chi connectivity index (χ0n) is 10.9. The maximum Gasteiger partial charge on any atom is 0.135 e. The summed E-state index contributed by atoms with van der Waals surface area (Å²) in [4.78, 5) is 8.66. The summed E-state index contributed by atoms with van der Waals surface area (Å²) in [5.41, 5.74) is 5.75. The van der Waals surface area contributed by atoms with E-state index in [2.05, 4.69) is 35.4 Å². The van der Waals surface area contributed by atoms with Crippen molar-refractivity contribution in [2.45, 2.75) is 32.6 Å². The van der Waals surface area contributed by atoms with Crippen molar-refractivity contribution in [3.8, 4) is 0 Å². The first-order valence-corrected chi connectivity index (χ1v) is 7.40. The van der Waals surface area contributed by atoms with Gasteiger partial charge in [-0.05, 0) is 24.9 Å². The third kappa shape index (κ3) is 5.26. The average Bonchev–Trinajstić information content (AvgIpc) is 2.28. The molecule has 0 unspecified atom stereocenters. The van der Waals surface area contributed by atoms with Crippen molar-refractivity contribution in [2.75, 3.05) is 29.6 Å². The van der Waals surface area contributed by atoms with Gasteiger partial charge < -0.3 is 11.1 Å². The van der Waals surface area contributed by atoms with Crippen LogP contribution in [0.4, 0.5) is 11.6 Å². The van der Waals surface area contributed by atoms with E-state index in [1.54, 1.807) is 6.07 Å². The van der Waals surface area contributed by atoms with Crippen molar-refractivity contribution >= 4 is 23.4 Å². The molecule has 0 fully saturated rings. The topological polar surface area (TPSA) is 63.8 Å². The van der Waals surface area contributed by atoms with E-state index in [0.717, 1.165) is 24.6 Å². The van der Waals surface area contributed by atoms with Crippen molar-refractivity contribution < 1.29 is 0 Å². The van der Waals surface area contributed by atoms with E-state index in [1.807, 2.05) is 11.8 Å². The predicted molar refractivity (Wildman–Crippen MR) is 76.6 cm³/mol. The molecule has 0 aromatic carbocycles. The lowest BCUT2D eigenvalue weighted by atomic mass is 10.2. The van der Waals surface area contributed by atoms with Crippen LogP contribution in [0.1, 0.15) is 38.4 Å². The molecule has 0 atom stereocenters. The van der Waals surface area contributed by atoms with Gasteiger partial charge >= 0.3 is 0 Å². The summed E-state index contributed by atoms with van der Waals surface area (Å²) < 4.78 is 0. The Morgan fingerprint density at radius 3 is 2.76 bits per heavy atom. The minimum Gasteiger partial charge on any atom is -0.384 e. The Labute approximate surface area is 108 Å². The molecule has 0 radical (unpaired) electrons. The van der Waals surface area contributed by atoms with E-state index in [-0.39, 0.29) is 0 Å². The molecule has 0 spiro atoms. The fourth-order valence-corrected chi connectivity index (χ4v) is 1.91. The molecule has 0 aliphatic heterocycles. The highest BCUT2D eigenvalue weighted by Gasteiger charge is 2.05. The molecule has 0 saturated carbocycles. The molecule has 0 saturated heterocycles. The van der Waals surface area contributed by atoms with Gasteiger partial charge in [-0.15, -0.1) is 0 Å². The molecule has 0 aliphatic rings. The Hall–Kier alpha value is -0.970. The molecule has 1 aromatic heterocycles. The van der Waals surface area contributed by atoms with Gasteiger partial charge in [0.05, 0.1) is 0 Å². The molecule has 0 aliphatic carbocycles. The molecular formula is C12H22N4S. The normalized spacial score (nSPS) is 10.8. The van der Waals surface area contributed by atoms with Crippen molar-refractivity contribution in [1.82, 2.24) is 9.97 Å². The first-order chi connectivity index (χ1) is 8.13. The van der Waals surface area contributed by atoms with Gasteiger partial charge in [0.1, 0.15) is 17.5 Å². The Morgan fingerprint density at radius 1 is 1.35 bits per heavy atom. The van der Waals surface area contributed by atoms with Crippen molar-refractivity contribution in [1.29, 1.82) is 0 Å². The molecular weight excluding hydrogens is 232 g/mol. The second-order valence-electron chi connectivity index (χ2n) is 4.32. The minimum absolute atomic E-state index is 0.301. The van der Waals surface area contributed by atoms with Crippen LogP contribution in [-0.4, -0.2) is 28.5 Å². The molecule has 17 heavy (non-hydrogen) atoms. The number of nitrogens with zero attached hydrogens (tertiary/aromatic N) is 2. The minimum atomic E-state index is 0.301. The van der Waals surface area contributed by atoms with Gasteiger partial charge in [-0.3, -0.25) is 0 Å². The van der Waals surface area contributed by atoms with Crippen LogP contribution in [0.2, 0.25) is 0 Å². The summed E-state index contributed by atoms with van der Waals surface area (Å²) in [5.74, 6) is 3.69. The van der Waals surface area contributed by atoms with Crippen LogP contribution in [0.25, 0.3) is 0 Å². The van der Waals surface area contributed by atoms with Crippen LogP contribution in [0.15, 0.2) is 6.07 Å². The molecule has 1 aromatic rings. The highest BCUT2D eigenvalue weighted by Crippen LogP contribution is 2.15. The molecule has 5 heteroatoms. The molecule has 0 amide bonds. The number of hydrogen-bond donors (Lipinski definition) is 2. The lowest BCUT2D eigenvalue weighted by Gasteiger charge is -2.09. The van der Waals surface area contributed by atoms with Gasteiger partial charge in [-0.25, -0.2) is 9.97 Å². The summed E-state index contributed by atoms with van der Waals surface area (Å²) in [5, 5.41) is 3.30. The number of thioether (sulfide) groups is 1. The zero-order chi connectivity index (χ0) is 12.7. The first-order valence-electron chi connectivity index (χ1n) is 6.00. The maximum absolute atomic E-state index is 5.75. The number of unbranched alkanes of at least 4 members (excludes halogenated alkanes) is 1. The van der Waals surface area contributed by atoms with Crippen LogP contribution < -0.4 is 11.1 Å². The van der Waals surface area contributed by atoms with E-state index in [0.29, 0.717) is 11.7 Å². The number of aromatic nitrogens is 2. The molecule has 1 rings (SSSR count). The number of nitrogens with two attached hydrogens (primary N) is 1. The van der Waals surface area contributed by atoms with Gasteiger partial charge in [0.25, 0.3) is 0 Å². The highest BCUT2D eigenvalue weighted by atomic mass is 32.2. The second-order valence-corrected chi connectivity index (χ2v) is 5.30. The largest absolute Gasteiger partial charge is 0.384 e. The molecule has 4 nitrogen and oxygen atoms in total. The van der Waals surface area contributed by atoms with Gasteiger partial charge in [0.2, 0.25) is 0 Å². The Morgan fingerprint density at radius 2 is 2.12 bits per heavy atom. The highest BCUT2D eigenvalue weighted by molar-refractivity contribution is 7.98. The van der Waals surface area contributed by atoms with Gasteiger partial charge in [-0.2, -0.15) is 11.8 Å². The standard InChI is InChI=1S/C12H22N4S/c1-9(2)12-15-10(13)8-11(16-12)14-6-4-5-7-17-3/h8-9H,4-7H2,1-3H3,(H3,13,14,15,16). The number of anilines is 2. The fourth-order valence-electron chi connectivity index (χ4n) is 1.42. The van der Waals surface area contributed by atoms with Crippen LogP contribution in [0, 0.1) is 0 Å². The van der Waals surface area contributed by atoms with E-state index >= 15 is 0 Å². The van der Waals surface area contributed by atoms with Crippen molar-refractivity contribution in [3.05, 3.63) is 11.9 Å². The third-order valence-electron chi connectivity index (χ3n) is 2.36. The lowest BCUT2D eigenvalue weighted by molar-refractivity contribution is 0.773. The average molecular weight is 254 g/mol. The summed E-state index contributed by atoms with van der Waals surface area (Å²) in [6, 6.07) is 1.79. The van der Waals surface area contributed by atoms with Crippen LogP contribution in [-0.2, 0) is 0 Å². The zero-order valence-corrected chi connectivity index (χ0v) is 11.7. The SMILES string of the molecule is CSCCCCNc1cc(N)nc(C(C)C)n1. The first kappa shape index (κ1) is 14.1. The van der Waals surface area contributed by atoms with Gasteiger partial charge in [-0.1, -0.05) is 13.8 Å². The summed E-state index contributed by atoms with van der Waals surface area (Å²) in [7, 11) is 0. The Balaban J connectivity index is 2.47. The summed E-state index contributed by atoms with van der Waals surface area (Å²) in [6.45, 7) is 5.07. The van der Waals surface area contributed by atoms with E-state index in [4.69, 9.17) is 5.73 Å². The Kier molecular flexibility index (Phi) is 6.11.